The minimum atomic E-state index is -0.675. The SMILES string of the molecule is C=C[C@]1(C)CC2=CC[C@H]3[C@](C)(CCC[C@@]3(C)C(=O)O)[C@@H]2C[C@@H]1OC(C)=O. The van der Waals surface area contributed by atoms with Gasteiger partial charge in [0, 0.05) is 12.3 Å². The summed E-state index contributed by atoms with van der Waals surface area (Å²) in [6.45, 7) is 11.8. The first-order valence-corrected chi connectivity index (χ1v) is 9.80. The molecule has 2 fully saturated rings. The summed E-state index contributed by atoms with van der Waals surface area (Å²) in [5.41, 5.74) is 0.410. The fraction of sp³-hybridized carbons (Fsp3) is 0.727. The Morgan fingerprint density at radius 2 is 2.00 bits per heavy atom. The van der Waals surface area contributed by atoms with Gasteiger partial charge in [0.2, 0.25) is 0 Å². The molecule has 3 aliphatic carbocycles. The molecule has 0 amide bonds. The molecule has 0 bridgehead atoms. The maximum absolute atomic E-state index is 12.1. The van der Waals surface area contributed by atoms with Crippen LogP contribution in [0.3, 0.4) is 0 Å². The molecular weight excluding hydrogens is 328 g/mol. The van der Waals surface area contributed by atoms with E-state index in [0.717, 1.165) is 38.5 Å². The second-order valence-corrected chi connectivity index (χ2v) is 9.42. The van der Waals surface area contributed by atoms with E-state index in [4.69, 9.17) is 4.74 Å². The van der Waals surface area contributed by atoms with Crippen LogP contribution in [0.5, 0.6) is 0 Å². The monoisotopic (exact) mass is 360 g/mol. The van der Waals surface area contributed by atoms with Crippen LogP contribution >= 0.6 is 0 Å². The van der Waals surface area contributed by atoms with Crippen molar-refractivity contribution in [2.75, 3.05) is 0 Å². The number of hydrogen-bond acceptors (Lipinski definition) is 3. The maximum atomic E-state index is 12.1. The summed E-state index contributed by atoms with van der Waals surface area (Å²) in [4.78, 5) is 23.8. The number of hydrogen-bond donors (Lipinski definition) is 1. The van der Waals surface area contributed by atoms with E-state index in [-0.39, 0.29) is 34.7 Å². The van der Waals surface area contributed by atoms with Crippen LogP contribution in [0, 0.1) is 28.1 Å². The normalized spacial score (nSPS) is 44.9. The minimum Gasteiger partial charge on any atom is -0.481 e. The molecule has 3 aliphatic rings. The molecule has 26 heavy (non-hydrogen) atoms. The standard InChI is InChI=1S/C22H32O4/c1-6-20(3)13-15-8-9-17-21(4,10-7-11-22(17,5)19(24)25)16(15)12-18(20)26-14(2)23/h6,8,16-18H,1,7,9-13H2,2-5H3,(H,24,25)/t16-,17+,18+,20-,21-,22-/m1/s1. The molecule has 0 unspecified atom stereocenters. The molecule has 4 heteroatoms. The predicted octanol–water partition coefficient (Wildman–Crippen LogP) is 4.75. The summed E-state index contributed by atoms with van der Waals surface area (Å²) in [6, 6.07) is 0. The van der Waals surface area contributed by atoms with E-state index < -0.39 is 11.4 Å². The lowest BCUT2D eigenvalue weighted by Gasteiger charge is -2.59. The lowest BCUT2D eigenvalue weighted by Crippen LogP contribution is -2.55. The van der Waals surface area contributed by atoms with Gasteiger partial charge in [0.05, 0.1) is 5.41 Å². The molecule has 0 radical (unpaired) electrons. The zero-order valence-corrected chi connectivity index (χ0v) is 16.5. The van der Waals surface area contributed by atoms with Crippen molar-refractivity contribution < 1.29 is 19.4 Å². The summed E-state index contributed by atoms with van der Waals surface area (Å²) >= 11 is 0. The van der Waals surface area contributed by atoms with E-state index in [1.165, 1.54) is 12.5 Å². The molecule has 0 spiro atoms. The van der Waals surface area contributed by atoms with E-state index in [1.807, 2.05) is 13.0 Å². The van der Waals surface area contributed by atoms with Crippen molar-refractivity contribution in [3.05, 3.63) is 24.3 Å². The van der Waals surface area contributed by atoms with E-state index in [1.54, 1.807) is 0 Å². The molecule has 0 aromatic heterocycles. The minimum absolute atomic E-state index is 0.0592. The number of carbonyl (C=O) groups is 2. The fourth-order valence-corrected chi connectivity index (χ4v) is 6.19. The van der Waals surface area contributed by atoms with E-state index >= 15 is 0 Å². The van der Waals surface area contributed by atoms with Gasteiger partial charge in [0.25, 0.3) is 0 Å². The number of rotatable bonds is 3. The summed E-state index contributed by atoms with van der Waals surface area (Å²) < 4.78 is 5.72. The molecule has 0 aromatic carbocycles. The van der Waals surface area contributed by atoms with Crippen LogP contribution in [-0.4, -0.2) is 23.1 Å². The molecule has 2 saturated carbocycles. The first-order chi connectivity index (χ1) is 12.1. The van der Waals surface area contributed by atoms with Crippen molar-refractivity contribution in [3.63, 3.8) is 0 Å². The van der Waals surface area contributed by atoms with Gasteiger partial charge in [-0.1, -0.05) is 38.0 Å². The smallest absolute Gasteiger partial charge is 0.309 e. The summed E-state index contributed by atoms with van der Waals surface area (Å²) in [5.74, 6) is -0.528. The lowest BCUT2D eigenvalue weighted by molar-refractivity contribution is -0.167. The van der Waals surface area contributed by atoms with Crippen LogP contribution in [0.1, 0.15) is 66.2 Å². The highest BCUT2D eigenvalue weighted by atomic mass is 16.5. The highest BCUT2D eigenvalue weighted by Gasteiger charge is 2.59. The average molecular weight is 360 g/mol. The Bertz CT molecular complexity index is 665. The number of carboxylic acids is 1. The molecule has 1 N–H and O–H groups in total. The van der Waals surface area contributed by atoms with Crippen molar-refractivity contribution in [3.8, 4) is 0 Å². The Balaban J connectivity index is 2.01. The molecule has 4 nitrogen and oxygen atoms in total. The van der Waals surface area contributed by atoms with E-state index in [0.29, 0.717) is 0 Å². The van der Waals surface area contributed by atoms with Gasteiger partial charge in [-0.25, -0.2) is 0 Å². The molecule has 3 rings (SSSR count). The zero-order valence-electron chi connectivity index (χ0n) is 16.5. The van der Waals surface area contributed by atoms with Gasteiger partial charge in [0.15, 0.2) is 0 Å². The summed E-state index contributed by atoms with van der Waals surface area (Å²) in [6.07, 6.45) is 9.17. The van der Waals surface area contributed by atoms with E-state index in [2.05, 4.69) is 26.5 Å². The topological polar surface area (TPSA) is 63.6 Å². The Morgan fingerprint density at radius 1 is 1.31 bits per heavy atom. The van der Waals surface area contributed by atoms with Crippen molar-refractivity contribution in [1.82, 2.24) is 0 Å². The molecule has 6 atom stereocenters. The zero-order chi connectivity index (χ0) is 19.3. The van der Waals surface area contributed by atoms with Crippen molar-refractivity contribution in [1.29, 1.82) is 0 Å². The fourth-order valence-electron chi connectivity index (χ4n) is 6.19. The molecular formula is C22H32O4. The van der Waals surface area contributed by atoms with Crippen LogP contribution in [0.15, 0.2) is 24.3 Å². The molecule has 0 aromatic rings. The number of aliphatic carboxylic acids is 1. The van der Waals surface area contributed by atoms with Crippen molar-refractivity contribution in [2.45, 2.75) is 72.3 Å². The average Bonchev–Trinajstić information content (AvgIpc) is 2.55. The molecule has 0 saturated heterocycles. The van der Waals surface area contributed by atoms with Gasteiger partial charge in [-0.3, -0.25) is 9.59 Å². The number of ether oxygens (including phenoxy) is 1. The Labute approximate surface area is 156 Å². The highest BCUT2D eigenvalue weighted by Crippen LogP contribution is 2.64. The largest absolute Gasteiger partial charge is 0.481 e. The predicted molar refractivity (Wildman–Crippen MR) is 100 cm³/mol. The van der Waals surface area contributed by atoms with Gasteiger partial charge in [0.1, 0.15) is 6.10 Å². The quantitative estimate of drug-likeness (QED) is 0.583. The number of carboxylic acid groups (broad SMARTS) is 1. The lowest BCUT2D eigenvalue weighted by atomic mass is 9.45. The Kier molecular flexibility index (Phi) is 4.61. The third-order valence-corrected chi connectivity index (χ3v) is 7.87. The van der Waals surface area contributed by atoms with Gasteiger partial charge in [-0.05, 0) is 56.3 Å². The van der Waals surface area contributed by atoms with Crippen LogP contribution in [0.4, 0.5) is 0 Å². The second-order valence-electron chi connectivity index (χ2n) is 9.42. The van der Waals surface area contributed by atoms with Gasteiger partial charge in [-0.15, -0.1) is 6.58 Å². The first kappa shape index (κ1) is 19.2. The van der Waals surface area contributed by atoms with Gasteiger partial charge < -0.3 is 9.84 Å². The summed E-state index contributed by atoms with van der Waals surface area (Å²) in [5, 5.41) is 9.94. The molecule has 144 valence electrons. The van der Waals surface area contributed by atoms with Crippen molar-refractivity contribution >= 4 is 11.9 Å². The number of allylic oxidation sites excluding steroid dienone is 2. The molecule has 0 heterocycles. The van der Waals surface area contributed by atoms with Crippen LogP contribution in [0.2, 0.25) is 0 Å². The Hall–Kier alpha value is -1.58. The van der Waals surface area contributed by atoms with Crippen molar-refractivity contribution in [2.24, 2.45) is 28.1 Å². The molecule has 0 aliphatic heterocycles. The number of carbonyl (C=O) groups excluding carboxylic acids is 1. The Morgan fingerprint density at radius 3 is 2.58 bits per heavy atom. The van der Waals surface area contributed by atoms with Gasteiger partial charge >= 0.3 is 11.9 Å². The number of esters is 1. The van der Waals surface area contributed by atoms with Gasteiger partial charge in [-0.2, -0.15) is 0 Å². The van der Waals surface area contributed by atoms with E-state index in [9.17, 15) is 14.7 Å². The van der Waals surface area contributed by atoms with Crippen LogP contribution in [-0.2, 0) is 14.3 Å². The second kappa shape index (κ2) is 6.24. The highest BCUT2D eigenvalue weighted by molar-refractivity contribution is 5.75. The third-order valence-electron chi connectivity index (χ3n) is 7.87. The van der Waals surface area contributed by atoms with Crippen LogP contribution in [0.25, 0.3) is 0 Å². The maximum Gasteiger partial charge on any atom is 0.309 e. The third kappa shape index (κ3) is 2.73. The number of fused-ring (bicyclic) bond motifs is 3. The summed E-state index contributed by atoms with van der Waals surface area (Å²) in [7, 11) is 0. The van der Waals surface area contributed by atoms with Crippen LogP contribution < -0.4 is 0 Å². The first-order valence-electron chi connectivity index (χ1n) is 9.80.